The lowest BCUT2D eigenvalue weighted by Gasteiger charge is -2.29. The number of aliphatic carboxylic acids is 1. The van der Waals surface area contributed by atoms with Crippen molar-refractivity contribution in [3.8, 4) is 5.88 Å². The summed E-state index contributed by atoms with van der Waals surface area (Å²) >= 11 is 0. The maximum absolute atomic E-state index is 13.2. The molecule has 0 aliphatic heterocycles. The minimum atomic E-state index is -1.83. The molecule has 2 saturated carbocycles. The largest absolute Gasteiger partial charge is 0.503 e. The summed E-state index contributed by atoms with van der Waals surface area (Å²) in [7, 11) is 0. The lowest BCUT2D eigenvalue weighted by Crippen LogP contribution is -2.47. The van der Waals surface area contributed by atoms with Crippen molar-refractivity contribution < 1.29 is 34.8 Å². The summed E-state index contributed by atoms with van der Waals surface area (Å²) in [5, 5.41) is 35.6. The van der Waals surface area contributed by atoms with E-state index >= 15 is 0 Å². The highest BCUT2D eigenvalue weighted by molar-refractivity contribution is 5.97. The van der Waals surface area contributed by atoms with Crippen molar-refractivity contribution in [1.29, 1.82) is 0 Å². The molecule has 3 rings (SSSR count). The summed E-state index contributed by atoms with van der Waals surface area (Å²) in [5.74, 6) is -2.89. The number of carbonyl (C=O) groups excluding carboxylic acids is 1. The molecular formula is C20H29N3O9. The summed E-state index contributed by atoms with van der Waals surface area (Å²) < 4.78 is 2.30. The molecule has 0 aromatic carbocycles. The second-order valence-corrected chi connectivity index (χ2v) is 7.97. The molecule has 2 aliphatic carbocycles. The predicted octanol–water partition coefficient (Wildman–Crippen LogP) is 1.76. The molecule has 32 heavy (non-hydrogen) atoms. The van der Waals surface area contributed by atoms with Crippen LogP contribution in [0.3, 0.4) is 0 Å². The number of hydrogen-bond acceptors (Lipinski definition) is 6. The number of carbonyl (C=O) groups is 3. The van der Waals surface area contributed by atoms with E-state index in [0.717, 1.165) is 43.1 Å². The van der Waals surface area contributed by atoms with Crippen LogP contribution in [0.5, 0.6) is 5.88 Å². The van der Waals surface area contributed by atoms with E-state index < -0.39 is 47.3 Å². The maximum Gasteiger partial charge on any atom is 0.503 e. The zero-order chi connectivity index (χ0) is 23.8. The van der Waals surface area contributed by atoms with Crippen LogP contribution in [0.1, 0.15) is 86.6 Å². The van der Waals surface area contributed by atoms with Gasteiger partial charge in [0.1, 0.15) is 6.54 Å². The van der Waals surface area contributed by atoms with Gasteiger partial charge in [-0.25, -0.2) is 9.59 Å². The van der Waals surface area contributed by atoms with Crippen LogP contribution in [0.15, 0.2) is 9.59 Å². The highest BCUT2D eigenvalue weighted by Crippen LogP contribution is 2.31. The fourth-order valence-corrected chi connectivity index (χ4v) is 4.40. The Balaban J connectivity index is 0.000000837. The second kappa shape index (κ2) is 11.3. The molecule has 0 atom stereocenters. The molecule has 1 aromatic heterocycles. The third-order valence-corrected chi connectivity index (χ3v) is 5.80. The first-order valence-corrected chi connectivity index (χ1v) is 10.7. The molecule has 1 aromatic rings. The fraction of sp³-hybridized carbons (Fsp3) is 0.650. The first-order chi connectivity index (χ1) is 15.1. The lowest BCUT2D eigenvalue weighted by molar-refractivity contribution is -0.135. The van der Waals surface area contributed by atoms with E-state index in [1.807, 2.05) is 0 Å². The molecule has 2 aliphatic rings. The van der Waals surface area contributed by atoms with Crippen LogP contribution in [0.25, 0.3) is 0 Å². The molecule has 12 heteroatoms. The molecule has 0 saturated heterocycles. The standard InChI is InChI=1S/C19H27N3O6.CH2O3/c23-14(24)11-20-16(25)15-17(26)21(12-7-3-1-4-8-12)19(28)22(18(15)27)13-9-5-2-6-10-13;2-1(3)4/h12-13,26H,1-11H2,(H,20,25)(H,23,24);(H2,2,3,4). The van der Waals surface area contributed by atoms with Crippen LogP contribution < -0.4 is 16.6 Å². The molecule has 0 unspecified atom stereocenters. The van der Waals surface area contributed by atoms with Crippen LogP contribution in [0.2, 0.25) is 0 Å². The average Bonchev–Trinajstić information content (AvgIpc) is 2.73. The van der Waals surface area contributed by atoms with Crippen LogP contribution in [-0.4, -0.2) is 54.1 Å². The highest BCUT2D eigenvalue weighted by Gasteiger charge is 2.31. The number of carboxylic acid groups (broad SMARTS) is 3. The van der Waals surface area contributed by atoms with Gasteiger partial charge in [-0.1, -0.05) is 38.5 Å². The Morgan fingerprint density at radius 3 is 1.69 bits per heavy atom. The van der Waals surface area contributed by atoms with Crippen LogP contribution in [0.4, 0.5) is 4.79 Å². The summed E-state index contributed by atoms with van der Waals surface area (Å²) in [6.07, 6.45) is 6.54. The molecule has 12 nitrogen and oxygen atoms in total. The van der Waals surface area contributed by atoms with Gasteiger partial charge < -0.3 is 25.7 Å². The number of nitrogens with zero attached hydrogens (tertiary/aromatic N) is 2. The van der Waals surface area contributed by atoms with Crippen LogP contribution in [-0.2, 0) is 4.79 Å². The number of amides is 1. The molecule has 5 N–H and O–H groups in total. The van der Waals surface area contributed by atoms with Crippen LogP contribution in [0, 0.1) is 0 Å². The number of rotatable bonds is 5. The van der Waals surface area contributed by atoms with Gasteiger partial charge in [-0.15, -0.1) is 0 Å². The molecule has 1 amide bonds. The number of aromatic nitrogens is 2. The van der Waals surface area contributed by atoms with Crippen molar-refractivity contribution in [3.05, 3.63) is 26.4 Å². The van der Waals surface area contributed by atoms with Gasteiger partial charge in [0, 0.05) is 12.1 Å². The van der Waals surface area contributed by atoms with Gasteiger partial charge in [-0.05, 0) is 25.7 Å². The van der Waals surface area contributed by atoms with Crippen molar-refractivity contribution in [2.24, 2.45) is 0 Å². The first-order valence-electron chi connectivity index (χ1n) is 10.7. The Hall–Kier alpha value is -3.31. The second-order valence-electron chi connectivity index (χ2n) is 7.97. The summed E-state index contributed by atoms with van der Waals surface area (Å²) in [6.45, 7) is -0.677. The molecule has 0 radical (unpaired) electrons. The predicted molar refractivity (Wildman–Crippen MR) is 111 cm³/mol. The smallest absolute Gasteiger partial charge is 0.494 e. The average molecular weight is 455 g/mol. The topological polar surface area (TPSA) is 188 Å². The van der Waals surface area contributed by atoms with E-state index in [2.05, 4.69) is 5.32 Å². The Morgan fingerprint density at radius 2 is 1.25 bits per heavy atom. The van der Waals surface area contributed by atoms with Gasteiger partial charge in [-0.3, -0.25) is 23.5 Å². The minimum Gasteiger partial charge on any atom is -0.494 e. The first kappa shape index (κ1) is 25.0. The molecule has 0 spiro atoms. The van der Waals surface area contributed by atoms with Gasteiger partial charge in [-0.2, -0.15) is 0 Å². The van der Waals surface area contributed by atoms with E-state index in [9.17, 15) is 24.3 Å². The Bertz CT molecular complexity index is 950. The van der Waals surface area contributed by atoms with Gasteiger partial charge >= 0.3 is 17.8 Å². The van der Waals surface area contributed by atoms with E-state index in [-0.39, 0.29) is 12.1 Å². The van der Waals surface area contributed by atoms with Crippen molar-refractivity contribution in [1.82, 2.24) is 14.5 Å². The zero-order valence-corrected chi connectivity index (χ0v) is 17.7. The normalized spacial score (nSPS) is 17.1. The van der Waals surface area contributed by atoms with Crippen molar-refractivity contribution in [3.63, 3.8) is 0 Å². The number of hydrogen-bond donors (Lipinski definition) is 5. The third-order valence-electron chi connectivity index (χ3n) is 5.80. The highest BCUT2D eigenvalue weighted by atomic mass is 16.6. The van der Waals surface area contributed by atoms with Crippen molar-refractivity contribution in [2.45, 2.75) is 76.3 Å². The van der Waals surface area contributed by atoms with Crippen molar-refractivity contribution >= 4 is 18.0 Å². The van der Waals surface area contributed by atoms with E-state index in [1.54, 1.807) is 0 Å². The fourth-order valence-electron chi connectivity index (χ4n) is 4.40. The monoisotopic (exact) mass is 455 g/mol. The number of carboxylic acids is 1. The maximum atomic E-state index is 13.2. The zero-order valence-electron chi connectivity index (χ0n) is 17.7. The number of aromatic hydroxyl groups is 1. The summed E-state index contributed by atoms with van der Waals surface area (Å²) in [4.78, 5) is 58.0. The van der Waals surface area contributed by atoms with Crippen molar-refractivity contribution in [2.75, 3.05) is 6.54 Å². The third kappa shape index (κ3) is 6.11. The molecule has 1 heterocycles. The van der Waals surface area contributed by atoms with E-state index in [1.165, 1.54) is 4.57 Å². The number of nitrogens with one attached hydrogen (secondary N) is 1. The molecule has 2 fully saturated rings. The SMILES string of the molecule is O=C(O)CNC(=O)c1c(O)n(C2CCCCC2)c(=O)n(C2CCCCC2)c1=O.O=C(O)O. The van der Waals surface area contributed by atoms with Gasteiger partial charge in [0.2, 0.25) is 5.88 Å². The van der Waals surface area contributed by atoms with E-state index in [0.29, 0.717) is 25.7 Å². The quantitative estimate of drug-likeness (QED) is 0.440. The van der Waals surface area contributed by atoms with Crippen LogP contribution >= 0.6 is 0 Å². The van der Waals surface area contributed by atoms with Gasteiger partial charge in [0.05, 0.1) is 0 Å². The Morgan fingerprint density at radius 1 is 0.812 bits per heavy atom. The Kier molecular flexibility index (Phi) is 8.85. The summed E-state index contributed by atoms with van der Waals surface area (Å²) in [6, 6.07) is -0.585. The molecule has 178 valence electrons. The minimum absolute atomic E-state index is 0.275. The van der Waals surface area contributed by atoms with E-state index in [4.69, 9.17) is 20.1 Å². The van der Waals surface area contributed by atoms with Gasteiger partial charge in [0.15, 0.2) is 5.56 Å². The Labute approximate surface area is 183 Å². The molecule has 0 bridgehead atoms. The molecular weight excluding hydrogens is 426 g/mol. The summed E-state index contributed by atoms with van der Waals surface area (Å²) in [5.41, 5.74) is -1.96. The van der Waals surface area contributed by atoms with Gasteiger partial charge in [0.25, 0.3) is 11.5 Å². The lowest BCUT2D eigenvalue weighted by atomic mass is 9.94.